The van der Waals surface area contributed by atoms with Crippen LogP contribution in [0.15, 0.2) is 78.9 Å². The van der Waals surface area contributed by atoms with Crippen molar-refractivity contribution in [2.45, 2.75) is 32.4 Å². The van der Waals surface area contributed by atoms with Crippen LogP contribution in [-0.2, 0) is 12.6 Å². The molecule has 0 bridgehead atoms. The monoisotopic (exact) mass is 422 g/mol. The lowest BCUT2D eigenvalue weighted by atomic mass is 9.96. The van der Waals surface area contributed by atoms with Crippen molar-refractivity contribution in [3.05, 3.63) is 95.8 Å². The number of benzene rings is 4. The molecule has 0 atom stereocenters. The van der Waals surface area contributed by atoms with Gasteiger partial charge in [-0.15, -0.1) is 0 Å². The molecule has 0 aliphatic carbocycles. The van der Waals surface area contributed by atoms with E-state index in [0.717, 1.165) is 35.1 Å². The van der Waals surface area contributed by atoms with Gasteiger partial charge in [0.2, 0.25) is 0 Å². The van der Waals surface area contributed by atoms with Crippen molar-refractivity contribution in [1.82, 2.24) is 0 Å². The Balaban J connectivity index is 1.59. The van der Waals surface area contributed by atoms with Crippen molar-refractivity contribution in [2.75, 3.05) is 0 Å². The molecule has 158 valence electrons. The van der Waals surface area contributed by atoms with E-state index in [1.807, 2.05) is 12.1 Å². The van der Waals surface area contributed by atoms with E-state index in [1.165, 1.54) is 29.9 Å². The van der Waals surface area contributed by atoms with E-state index in [0.29, 0.717) is 11.1 Å². The molecule has 4 aromatic carbocycles. The van der Waals surface area contributed by atoms with Gasteiger partial charge in [-0.2, -0.15) is 13.2 Å². The standard InChI is InChI=1S/C27H22F4/c1-2-3-4-18-5-6-23-16-22(12-11-21(23)15-18)19-7-9-20(10-8-19)24-13-14-25(26(28)17-24)27(29,30)31/h5-17H,2-4H2,1H3. The van der Waals surface area contributed by atoms with Crippen LogP contribution < -0.4 is 0 Å². The first-order chi connectivity index (χ1) is 14.8. The third-order valence-electron chi connectivity index (χ3n) is 5.55. The Bertz CT molecular complexity index is 1200. The van der Waals surface area contributed by atoms with Gasteiger partial charge >= 0.3 is 6.18 Å². The summed E-state index contributed by atoms with van der Waals surface area (Å²) in [5.74, 6) is -1.26. The second-order valence-corrected chi connectivity index (χ2v) is 7.77. The Kier molecular flexibility index (Phi) is 5.81. The molecule has 0 spiro atoms. The predicted molar refractivity (Wildman–Crippen MR) is 118 cm³/mol. The van der Waals surface area contributed by atoms with E-state index in [1.54, 1.807) is 12.1 Å². The summed E-state index contributed by atoms with van der Waals surface area (Å²) in [4.78, 5) is 0. The van der Waals surface area contributed by atoms with Gasteiger partial charge in [0.05, 0.1) is 5.56 Å². The summed E-state index contributed by atoms with van der Waals surface area (Å²) < 4.78 is 52.2. The van der Waals surface area contributed by atoms with Gasteiger partial charge in [0.15, 0.2) is 0 Å². The third-order valence-corrected chi connectivity index (χ3v) is 5.55. The Morgan fingerprint density at radius 2 is 1.19 bits per heavy atom. The minimum atomic E-state index is -4.70. The Hall–Kier alpha value is -3.14. The number of halogens is 4. The number of hydrogen-bond acceptors (Lipinski definition) is 0. The average Bonchev–Trinajstić information content (AvgIpc) is 2.76. The van der Waals surface area contributed by atoms with Gasteiger partial charge in [0, 0.05) is 0 Å². The minimum Gasteiger partial charge on any atom is -0.206 e. The SMILES string of the molecule is CCCCc1ccc2cc(-c3ccc(-c4ccc(C(F)(F)F)c(F)c4)cc3)ccc2c1. The van der Waals surface area contributed by atoms with Gasteiger partial charge in [0.1, 0.15) is 5.82 Å². The molecule has 31 heavy (non-hydrogen) atoms. The molecule has 0 heterocycles. The normalized spacial score (nSPS) is 11.8. The van der Waals surface area contributed by atoms with Gasteiger partial charge in [-0.1, -0.05) is 74.0 Å². The molecular weight excluding hydrogens is 400 g/mol. The second-order valence-electron chi connectivity index (χ2n) is 7.77. The fourth-order valence-electron chi connectivity index (χ4n) is 3.79. The summed E-state index contributed by atoms with van der Waals surface area (Å²) >= 11 is 0. The van der Waals surface area contributed by atoms with Crippen LogP contribution in [0.25, 0.3) is 33.0 Å². The molecule has 0 N–H and O–H groups in total. The van der Waals surface area contributed by atoms with Crippen LogP contribution in [-0.4, -0.2) is 0 Å². The highest BCUT2D eigenvalue weighted by molar-refractivity contribution is 5.88. The molecule has 0 unspecified atom stereocenters. The van der Waals surface area contributed by atoms with E-state index < -0.39 is 17.6 Å². The predicted octanol–water partition coefficient (Wildman–Crippen LogP) is 8.67. The first kappa shape index (κ1) is 21.1. The molecule has 0 aliphatic heterocycles. The summed E-state index contributed by atoms with van der Waals surface area (Å²) in [6.07, 6.45) is -1.26. The van der Waals surface area contributed by atoms with Crippen LogP contribution in [0.1, 0.15) is 30.9 Å². The maximum absolute atomic E-state index is 13.9. The van der Waals surface area contributed by atoms with Gasteiger partial charge in [-0.3, -0.25) is 0 Å². The maximum Gasteiger partial charge on any atom is 0.419 e. The highest BCUT2D eigenvalue weighted by atomic mass is 19.4. The Morgan fingerprint density at radius 3 is 1.81 bits per heavy atom. The van der Waals surface area contributed by atoms with E-state index in [-0.39, 0.29) is 0 Å². The largest absolute Gasteiger partial charge is 0.419 e. The summed E-state index contributed by atoms with van der Waals surface area (Å²) in [6.45, 7) is 2.19. The van der Waals surface area contributed by atoms with Crippen molar-refractivity contribution in [2.24, 2.45) is 0 Å². The van der Waals surface area contributed by atoms with Crippen LogP contribution >= 0.6 is 0 Å². The summed E-state index contributed by atoms with van der Waals surface area (Å²) in [5, 5.41) is 2.36. The van der Waals surface area contributed by atoms with E-state index in [9.17, 15) is 17.6 Å². The zero-order valence-corrected chi connectivity index (χ0v) is 17.1. The molecule has 0 saturated carbocycles. The Morgan fingerprint density at radius 1 is 0.645 bits per heavy atom. The van der Waals surface area contributed by atoms with Crippen LogP contribution in [0.3, 0.4) is 0 Å². The second kappa shape index (κ2) is 8.54. The molecule has 0 aliphatic rings. The summed E-state index contributed by atoms with van der Waals surface area (Å²) in [5.41, 5.74) is 3.22. The van der Waals surface area contributed by atoms with Crippen molar-refractivity contribution in [1.29, 1.82) is 0 Å². The summed E-state index contributed by atoms with van der Waals surface area (Å²) in [6, 6.07) is 23.3. The number of alkyl halides is 3. The van der Waals surface area contributed by atoms with Gasteiger partial charge in [-0.25, -0.2) is 4.39 Å². The van der Waals surface area contributed by atoms with E-state index in [4.69, 9.17) is 0 Å². The quantitative estimate of drug-likeness (QED) is 0.282. The average molecular weight is 422 g/mol. The molecular formula is C27H22F4. The van der Waals surface area contributed by atoms with Gasteiger partial charge in [-0.05, 0) is 69.6 Å². The first-order valence-corrected chi connectivity index (χ1v) is 10.4. The van der Waals surface area contributed by atoms with Gasteiger partial charge < -0.3 is 0 Å². The maximum atomic E-state index is 13.9. The molecule has 4 heteroatoms. The molecule has 4 aromatic rings. The molecule has 0 radical (unpaired) electrons. The molecule has 0 fully saturated rings. The van der Waals surface area contributed by atoms with Crippen molar-refractivity contribution in [3.63, 3.8) is 0 Å². The number of rotatable bonds is 5. The molecule has 0 aromatic heterocycles. The summed E-state index contributed by atoms with van der Waals surface area (Å²) in [7, 11) is 0. The fourth-order valence-corrected chi connectivity index (χ4v) is 3.79. The van der Waals surface area contributed by atoms with Crippen LogP contribution in [0.2, 0.25) is 0 Å². The zero-order valence-electron chi connectivity index (χ0n) is 17.1. The van der Waals surface area contributed by atoms with Crippen LogP contribution in [0, 0.1) is 5.82 Å². The lowest BCUT2D eigenvalue weighted by molar-refractivity contribution is -0.139. The molecule has 0 amide bonds. The molecule has 0 nitrogen and oxygen atoms in total. The van der Waals surface area contributed by atoms with E-state index >= 15 is 0 Å². The van der Waals surface area contributed by atoms with Crippen molar-refractivity contribution in [3.8, 4) is 22.3 Å². The fraction of sp³-hybridized carbons (Fsp3) is 0.185. The molecule has 4 rings (SSSR count). The van der Waals surface area contributed by atoms with Crippen LogP contribution in [0.5, 0.6) is 0 Å². The number of fused-ring (bicyclic) bond motifs is 1. The lowest BCUT2D eigenvalue weighted by Crippen LogP contribution is -2.07. The number of hydrogen-bond donors (Lipinski definition) is 0. The highest BCUT2D eigenvalue weighted by Crippen LogP contribution is 2.34. The van der Waals surface area contributed by atoms with Crippen molar-refractivity contribution < 1.29 is 17.6 Å². The third kappa shape index (κ3) is 4.63. The zero-order chi connectivity index (χ0) is 22.0. The van der Waals surface area contributed by atoms with Crippen LogP contribution in [0.4, 0.5) is 17.6 Å². The Labute approximate surface area is 179 Å². The number of unbranched alkanes of at least 4 members (excludes halogenated alkanes) is 1. The lowest BCUT2D eigenvalue weighted by Gasteiger charge is -2.10. The van der Waals surface area contributed by atoms with E-state index in [2.05, 4.69) is 43.3 Å². The van der Waals surface area contributed by atoms with Crippen molar-refractivity contribution >= 4 is 10.8 Å². The first-order valence-electron chi connectivity index (χ1n) is 10.4. The smallest absolute Gasteiger partial charge is 0.206 e. The topological polar surface area (TPSA) is 0 Å². The minimum absolute atomic E-state index is 0.412. The number of aryl methyl sites for hydroxylation is 1. The highest BCUT2D eigenvalue weighted by Gasteiger charge is 2.33. The molecule has 0 saturated heterocycles. The van der Waals surface area contributed by atoms with Gasteiger partial charge in [0.25, 0.3) is 0 Å².